The van der Waals surface area contributed by atoms with Gasteiger partial charge in [0.15, 0.2) is 5.78 Å². The second-order valence-electron chi connectivity index (χ2n) is 3.43. The molecule has 0 saturated heterocycles. The van der Waals surface area contributed by atoms with Crippen molar-refractivity contribution in [2.75, 3.05) is 0 Å². The number of aliphatic imine (C=N–C) groups is 1. The van der Waals surface area contributed by atoms with Gasteiger partial charge < -0.3 is 0 Å². The van der Waals surface area contributed by atoms with Gasteiger partial charge in [0.1, 0.15) is 15.7 Å². The van der Waals surface area contributed by atoms with E-state index in [2.05, 4.69) is 20.7 Å². The molecule has 10 heavy (non-hydrogen) atoms. The number of hydrogen-bond acceptors (Lipinski definition) is 2. The number of Topliss-reactive ketones (excluding diaryl/α,β-unsaturated/α-hetero) is 1. The third-order valence-corrected chi connectivity index (χ3v) is 1.82. The van der Waals surface area contributed by atoms with E-state index < -0.39 is 0 Å². The molecule has 1 heterocycles. The maximum atomic E-state index is 10.8. The normalized spacial score (nSPS) is 22.3. The minimum atomic E-state index is 0.0149. The molecule has 0 fully saturated rings. The molecule has 0 aromatic carbocycles. The van der Waals surface area contributed by atoms with Crippen LogP contribution < -0.4 is 0 Å². The first-order valence-corrected chi connectivity index (χ1v) is 3.61. The first-order valence-electron chi connectivity index (χ1n) is 3.61. The van der Waals surface area contributed by atoms with Crippen molar-refractivity contribution in [3.8, 4) is 0 Å². The Kier molecular flexibility index (Phi) is 1.71. The molecule has 0 radical (unpaired) electrons. The lowest BCUT2D eigenvalue weighted by Crippen LogP contribution is -2.23. The van der Waals surface area contributed by atoms with E-state index >= 15 is 0 Å². The summed E-state index contributed by atoms with van der Waals surface area (Å²) in [5, 5.41) is 0.0149. The topological polar surface area (TPSA) is 29.4 Å². The second-order valence-corrected chi connectivity index (χ2v) is 3.43. The van der Waals surface area contributed by atoms with Crippen molar-refractivity contribution < 1.29 is 4.79 Å². The van der Waals surface area contributed by atoms with Gasteiger partial charge in [-0.05, 0) is 18.2 Å². The highest BCUT2D eigenvalue weighted by Crippen LogP contribution is 2.18. The highest BCUT2D eigenvalue weighted by atomic mass is 16.1. The lowest BCUT2D eigenvalue weighted by atomic mass is 9.61. The number of hydrogen-bond donors (Lipinski definition) is 0. The predicted octanol–water partition coefficient (Wildman–Crippen LogP) is -1.27. The first-order chi connectivity index (χ1) is 4.51. The summed E-state index contributed by atoms with van der Waals surface area (Å²) in [5.41, 5.74) is 0.769. The Morgan fingerprint density at radius 1 is 1.70 bits per heavy atom. The Labute approximate surface area is 62.9 Å². The molecule has 0 unspecified atom stereocenters. The van der Waals surface area contributed by atoms with Gasteiger partial charge in [-0.25, -0.2) is 0 Å². The van der Waals surface area contributed by atoms with E-state index in [1.165, 1.54) is 0 Å². The molecule has 4 heteroatoms. The fourth-order valence-electron chi connectivity index (χ4n) is 1.16. The van der Waals surface area contributed by atoms with Crippen molar-refractivity contribution in [2.45, 2.75) is 25.1 Å². The maximum Gasteiger partial charge on any atom is 0.173 e. The molecule has 0 aromatic heterocycles. The molecule has 0 saturated carbocycles. The summed E-state index contributed by atoms with van der Waals surface area (Å²) in [6, 6.07) is 0. The van der Waals surface area contributed by atoms with Crippen LogP contribution in [-0.4, -0.2) is 32.5 Å². The van der Waals surface area contributed by atoms with Gasteiger partial charge in [-0.1, -0.05) is 0 Å². The molecule has 0 aliphatic carbocycles. The summed E-state index contributed by atoms with van der Waals surface area (Å²) in [6.07, 6.45) is 1.88. The van der Waals surface area contributed by atoms with Crippen LogP contribution in [0.5, 0.6) is 0 Å². The summed E-state index contributed by atoms with van der Waals surface area (Å²) in [7, 11) is 4.12. The Hall–Kier alpha value is -0.530. The molecule has 52 valence electrons. The highest BCUT2D eigenvalue weighted by molar-refractivity contribution is 6.46. The monoisotopic (exact) mass is 135 g/mol. The van der Waals surface area contributed by atoms with Crippen LogP contribution in [0.1, 0.15) is 19.8 Å². The van der Waals surface area contributed by atoms with Gasteiger partial charge in [-0.2, -0.15) is 0 Å². The van der Waals surface area contributed by atoms with E-state index in [1.54, 1.807) is 6.92 Å². The van der Waals surface area contributed by atoms with Crippen LogP contribution in [0.4, 0.5) is 0 Å². The molecule has 2 nitrogen and oxygen atoms in total. The van der Waals surface area contributed by atoms with E-state index in [9.17, 15) is 4.79 Å². The van der Waals surface area contributed by atoms with E-state index in [0.29, 0.717) is 0 Å². The average Bonchev–Trinajstić information content (AvgIpc) is 2.10. The molecule has 1 rings (SSSR count). The highest BCUT2D eigenvalue weighted by Gasteiger charge is 2.25. The molecule has 1 aliphatic heterocycles. The van der Waals surface area contributed by atoms with Crippen molar-refractivity contribution in [3.05, 3.63) is 0 Å². The number of rotatable bonds is 1. The van der Waals surface area contributed by atoms with Gasteiger partial charge in [0.2, 0.25) is 0 Å². The molecular weight excluding hydrogens is 124 g/mol. The quantitative estimate of drug-likeness (QED) is 0.412. The molecule has 0 aromatic rings. The van der Waals surface area contributed by atoms with E-state index in [1.807, 2.05) is 0 Å². The van der Waals surface area contributed by atoms with Gasteiger partial charge in [0.05, 0.1) is 5.71 Å². The van der Waals surface area contributed by atoms with Crippen LogP contribution in [0.2, 0.25) is 0 Å². The van der Waals surface area contributed by atoms with E-state index in [0.717, 1.165) is 18.6 Å². The van der Waals surface area contributed by atoms with Crippen LogP contribution in [0, 0.1) is 0 Å². The average molecular weight is 135 g/mol. The van der Waals surface area contributed by atoms with Crippen LogP contribution in [0.3, 0.4) is 0 Å². The Morgan fingerprint density at radius 2 is 2.30 bits per heavy atom. The van der Waals surface area contributed by atoms with Crippen LogP contribution >= 0.6 is 0 Å². The van der Waals surface area contributed by atoms with Crippen molar-refractivity contribution >= 4 is 27.2 Å². The fourth-order valence-corrected chi connectivity index (χ4v) is 1.16. The first kappa shape index (κ1) is 7.58. The van der Waals surface area contributed by atoms with Crippen LogP contribution in [-0.2, 0) is 4.79 Å². The number of carbonyl (C=O) groups is 1. The lowest BCUT2D eigenvalue weighted by Gasteiger charge is -2.10. The second kappa shape index (κ2) is 2.26. The Balaban J connectivity index is 2.76. The summed E-state index contributed by atoms with van der Waals surface area (Å²) < 4.78 is 0. The zero-order valence-electron chi connectivity index (χ0n) is 6.77. The van der Waals surface area contributed by atoms with Gasteiger partial charge in [0, 0.05) is 6.92 Å². The minimum absolute atomic E-state index is 0.0149. The molecule has 1 aliphatic rings. The molecule has 0 spiro atoms. The molecule has 0 N–H and O–H groups in total. The Bertz CT molecular complexity index is 198. The number of nitrogens with zero attached hydrogens (tertiary/aromatic N) is 1. The number of ketones is 1. The molecule has 0 bridgehead atoms. The zero-order chi connectivity index (χ0) is 7.78. The maximum absolute atomic E-state index is 10.8. The largest absolute Gasteiger partial charge is 0.297 e. The molecule has 0 atom stereocenters. The molecule has 0 amide bonds. The summed E-state index contributed by atoms with van der Waals surface area (Å²) in [5.74, 6) is 0.130. The molecular formula is C6H11B2NO. The van der Waals surface area contributed by atoms with Crippen molar-refractivity contribution in [1.29, 1.82) is 0 Å². The van der Waals surface area contributed by atoms with Crippen molar-refractivity contribution in [1.82, 2.24) is 0 Å². The Morgan fingerprint density at radius 3 is 2.50 bits per heavy atom. The van der Waals surface area contributed by atoms with Crippen LogP contribution in [0.15, 0.2) is 4.99 Å². The van der Waals surface area contributed by atoms with Crippen molar-refractivity contribution in [2.24, 2.45) is 4.99 Å². The third-order valence-electron chi connectivity index (χ3n) is 1.82. The van der Waals surface area contributed by atoms with Gasteiger partial charge in [-0.15, -0.1) is 0 Å². The predicted molar refractivity (Wildman–Crippen MR) is 47.2 cm³/mol. The summed E-state index contributed by atoms with van der Waals surface area (Å²) >= 11 is 0. The zero-order valence-corrected chi connectivity index (χ0v) is 6.77. The standard InChI is InChI=1S/C6H11B2NO/c1-4(10)5-2-3-6(7,8)9-5/h2-3,7-8H2,1H3. The lowest BCUT2D eigenvalue weighted by molar-refractivity contribution is -0.111. The van der Waals surface area contributed by atoms with Gasteiger partial charge >= 0.3 is 0 Å². The van der Waals surface area contributed by atoms with E-state index in [4.69, 9.17) is 0 Å². The number of carbonyl (C=O) groups excluding carboxylic acids is 1. The third kappa shape index (κ3) is 1.49. The fraction of sp³-hybridized carbons (Fsp3) is 0.667. The van der Waals surface area contributed by atoms with Gasteiger partial charge in [0.25, 0.3) is 0 Å². The smallest absolute Gasteiger partial charge is 0.173 e. The summed E-state index contributed by atoms with van der Waals surface area (Å²) in [4.78, 5) is 15.1. The van der Waals surface area contributed by atoms with Gasteiger partial charge in [-0.3, -0.25) is 9.79 Å². The minimum Gasteiger partial charge on any atom is -0.297 e. The van der Waals surface area contributed by atoms with Crippen LogP contribution in [0.25, 0.3) is 0 Å². The van der Waals surface area contributed by atoms with E-state index in [-0.39, 0.29) is 11.1 Å². The summed E-state index contributed by atoms with van der Waals surface area (Å²) in [6.45, 7) is 1.58. The van der Waals surface area contributed by atoms with Crippen molar-refractivity contribution in [3.63, 3.8) is 0 Å². The SMILES string of the molecule is BC1(B)CCC(C(C)=O)=N1.